The van der Waals surface area contributed by atoms with Gasteiger partial charge in [0.05, 0.1) is 6.42 Å². The van der Waals surface area contributed by atoms with Crippen LogP contribution in [0.2, 0.25) is 0 Å². The van der Waals surface area contributed by atoms with E-state index in [9.17, 15) is 8.42 Å². The number of rotatable bonds is 4. The predicted octanol–water partition coefficient (Wildman–Crippen LogP) is 3.32. The lowest BCUT2D eigenvalue weighted by atomic mass is 10.2. The van der Waals surface area contributed by atoms with E-state index in [1.165, 1.54) is 6.07 Å². The molecule has 0 saturated carbocycles. The Morgan fingerprint density at radius 2 is 1.86 bits per heavy atom. The van der Waals surface area contributed by atoms with Crippen LogP contribution in [0.3, 0.4) is 0 Å². The van der Waals surface area contributed by atoms with Gasteiger partial charge in [0.1, 0.15) is 4.21 Å². The summed E-state index contributed by atoms with van der Waals surface area (Å²) in [5.74, 6) is 0.863. The Labute approximate surface area is 129 Å². The first kappa shape index (κ1) is 14.2. The van der Waals surface area contributed by atoms with Crippen LogP contribution in [0.1, 0.15) is 10.8 Å². The Morgan fingerprint density at radius 3 is 2.52 bits per heavy atom. The van der Waals surface area contributed by atoms with Gasteiger partial charge in [0, 0.05) is 21.1 Å². The third-order valence-electron chi connectivity index (χ3n) is 2.69. The number of hydrogen-bond acceptors (Lipinski definition) is 6. The van der Waals surface area contributed by atoms with Gasteiger partial charge in [-0.05, 0) is 24.3 Å². The van der Waals surface area contributed by atoms with E-state index < -0.39 is 9.05 Å². The molecule has 0 saturated heterocycles. The van der Waals surface area contributed by atoms with Crippen molar-refractivity contribution < 1.29 is 12.8 Å². The molecule has 8 heteroatoms. The first-order chi connectivity index (χ1) is 10.0. The summed E-state index contributed by atoms with van der Waals surface area (Å²) >= 11 is 1.09. The average molecular weight is 341 g/mol. The molecule has 0 aliphatic carbocycles. The highest BCUT2D eigenvalue weighted by atomic mass is 35.7. The van der Waals surface area contributed by atoms with Crippen LogP contribution in [0.4, 0.5) is 0 Å². The van der Waals surface area contributed by atoms with Gasteiger partial charge in [-0.2, -0.15) is 0 Å². The Morgan fingerprint density at radius 1 is 1.10 bits per heavy atom. The maximum absolute atomic E-state index is 11.2. The number of halogens is 1. The minimum atomic E-state index is -3.69. The van der Waals surface area contributed by atoms with Gasteiger partial charge in [-0.3, -0.25) is 0 Å². The van der Waals surface area contributed by atoms with Gasteiger partial charge in [-0.1, -0.05) is 18.2 Å². The van der Waals surface area contributed by atoms with Crippen molar-refractivity contribution in [3.8, 4) is 11.5 Å². The Bertz CT molecular complexity index is 856. The lowest BCUT2D eigenvalue weighted by Crippen LogP contribution is -1.85. The molecule has 2 aromatic heterocycles. The van der Waals surface area contributed by atoms with Gasteiger partial charge in [0.2, 0.25) is 11.8 Å². The van der Waals surface area contributed by atoms with Crippen LogP contribution in [0.15, 0.2) is 51.1 Å². The molecule has 0 aliphatic heterocycles. The summed E-state index contributed by atoms with van der Waals surface area (Å²) in [6, 6.07) is 12.6. The molecule has 0 unspecified atom stereocenters. The van der Waals surface area contributed by atoms with E-state index >= 15 is 0 Å². The molecule has 2 heterocycles. The number of nitrogens with zero attached hydrogens (tertiary/aromatic N) is 2. The maximum atomic E-state index is 11.2. The summed E-state index contributed by atoms with van der Waals surface area (Å²) in [6.45, 7) is 0. The Balaban J connectivity index is 1.80. The molecule has 0 N–H and O–H groups in total. The van der Waals surface area contributed by atoms with Gasteiger partial charge in [-0.25, -0.2) is 8.42 Å². The number of thiophene rings is 1. The molecule has 108 valence electrons. The molecular formula is C13H9ClN2O3S2. The molecule has 0 bridgehead atoms. The van der Waals surface area contributed by atoms with Crippen molar-refractivity contribution in [2.75, 3.05) is 0 Å². The molecule has 0 radical (unpaired) electrons. The van der Waals surface area contributed by atoms with Gasteiger partial charge in [0.25, 0.3) is 9.05 Å². The monoisotopic (exact) mass is 340 g/mol. The highest BCUT2D eigenvalue weighted by molar-refractivity contribution is 8.15. The average Bonchev–Trinajstić information content (AvgIpc) is 3.09. The SMILES string of the molecule is O=S(=O)(Cl)c1ccc(Cc2nnc(-c3ccccc3)o2)s1. The first-order valence-electron chi connectivity index (χ1n) is 5.93. The summed E-state index contributed by atoms with van der Waals surface area (Å²) < 4.78 is 28.1. The highest BCUT2D eigenvalue weighted by Crippen LogP contribution is 2.27. The third kappa shape index (κ3) is 3.31. The lowest BCUT2D eigenvalue weighted by Gasteiger charge is -1.93. The van der Waals surface area contributed by atoms with Crippen LogP contribution in [-0.2, 0) is 15.5 Å². The van der Waals surface area contributed by atoms with Crippen LogP contribution in [-0.4, -0.2) is 18.6 Å². The Hall–Kier alpha value is -1.70. The normalized spacial score (nSPS) is 11.7. The van der Waals surface area contributed by atoms with E-state index in [4.69, 9.17) is 15.1 Å². The predicted molar refractivity (Wildman–Crippen MR) is 79.9 cm³/mol. The molecular weight excluding hydrogens is 332 g/mol. The summed E-state index contributed by atoms with van der Waals surface area (Å²) in [5.41, 5.74) is 0.839. The fraction of sp³-hybridized carbons (Fsp3) is 0.0769. The molecule has 0 fully saturated rings. The van der Waals surface area contributed by atoms with Crippen molar-refractivity contribution in [3.63, 3.8) is 0 Å². The standard InChI is InChI=1S/C13H9ClN2O3S2/c14-21(17,18)12-7-6-10(20-12)8-11-15-16-13(19-11)9-4-2-1-3-5-9/h1-7H,8H2. The van der Waals surface area contributed by atoms with E-state index in [1.807, 2.05) is 30.3 Å². The van der Waals surface area contributed by atoms with E-state index in [2.05, 4.69) is 10.2 Å². The van der Waals surface area contributed by atoms with Gasteiger partial charge in [-0.15, -0.1) is 21.5 Å². The van der Waals surface area contributed by atoms with Gasteiger partial charge >= 0.3 is 0 Å². The van der Waals surface area contributed by atoms with E-state index in [-0.39, 0.29) is 4.21 Å². The number of aromatic nitrogens is 2. The smallest absolute Gasteiger partial charge is 0.270 e. The number of benzene rings is 1. The van der Waals surface area contributed by atoms with Crippen LogP contribution in [0.5, 0.6) is 0 Å². The highest BCUT2D eigenvalue weighted by Gasteiger charge is 2.15. The minimum Gasteiger partial charge on any atom is -0.420 e. The molecule has 0 atom stereocenters. The van der Waals surface area contributed by atoms with Crippen LogP contribution < -0.4 is 0 Å². The van der Waals surface area contributed by atoms with E-state index in [0.29, 0.717) is 18.2 Å². The second-order valence-corrected chi connectivity index (χ2v) is 8.16. The third-order valence-corrected chi connectivity index (χ3v) is 5.87. The fourth-order valence-corrected chi connectivity index (χ4v) is 3.87. The van der Waals surface area contributed by atoms with Crippen LogP contribution in [0.25, 0.3) is 11.5 Å². The topological polar surface area (TPSA) is 73.1 Å². The van der Waals surface area contributed by atoms with Gasteiger partial charge in [0.15, 0.2) is 0 Å². The largest absolute Gasteiger partial charge is 0.420 e. The first-order valence-corrected chi connectivity index (χ1v) is 9.06. The van der Waals surface area contributed by atoms with Crippen molar-refractivity contribution in [2.24, 2.45) is 0 Å². The van der Waals surface area contributed by atoms with Crippen molar-refractivity contribution in [2.45, 2.75) is 10.6 Å². The summed E-state index contributed by atoms with van der Waals surface area (Å²) in [6.07, 6.45) is 0.372. The molecule has 0 aliphatic rings. The second kappa shape index (κ2) is 5.59. The molecule has 0 spiro atoms. The quantitative estimate of drug-likeness (QED) is 0.681. The van der Waals surface area contributed by atoms with Crippen molar-refractivity contribution in [1.29, 1.82) is 0 Å². The molecule has 21 heavy (non-hydrogen) atoms. The van der Waals surface area contributed by atoms with Crippen molar-refractivity contribution in [3.05, 3.63) is 53.2 Å². The van der Waals surface area contributed by atoms with E-state index in [0.717, 1.165) is 21.8 Å². The molecule has 0 amide bonds. The minimum absolute atomic E-state index is 0.113. The zero-order chi connectivity index (χ0) is 14.9. The van der Waals surface area contributed by atoms with Crippen molar-refractivity contribution >= 4 is 31.1 Å². The molecule has 3 aromatic rings. The summed E-state index contributed by atoms with van der Waals surface area (Å²) in [5, 5.41) is 7.95. The molecule has 3 rings (SSSR count). The van der Waals surface area contributed by atoms with Crippen LogP contribution in [0, 0.1) is 0 Å². The lowest BCUT2D eigenvalue weighted by molar-refractivity contribution is 0.519. The van der Waals surface area contributed by atoms with Gasteiger partial charge < -0.3 is 4.42 Å². The maximum Gasteiger partial charge on any atom is 0.270 e. The zero-order valence-corrected chi connectivity index (χ0v) is 13.0. The van der Waals surface area contributed by atoms with Crippen LogP contribution >= 0.6 is 22.0 Å². The summed E-state index contributed by atoms with van der Waals surface area (Å²) in [7, 11) is 1.60. The molecule has 5 nitrogen and oxygen atoms in total. The zero-order valence-electron chi connectivity index (χ0n) is 10.6. The fourth-order valence-electron chi connectivity index (χ4n) is 1.76. The van der Waals surface area contributed by atoms with E-state index in [1.54, 1.807) is 6.07 Å². The molecule has 1 aromatic carbocycles. The van der Waals surface area contributed by atoms with Crippen molar-refractivity contribution in [1.82, 2.24) is 10.2 Å². The summed E-state index contributed by atoms with van der Waals surface area (Å²) in [4.78, 5) is 0.789. The Kier molecular flexibility index (Phi) is 3.79. The number of hydrogen-bond donors (Lipinski definition) is 0. The second-order valence-electron chi connectivity index (χ2n) is 4.20.